The second-order valence-corrected chi connectivity index (χ2v) is 8.01. The van der Waals surface area contributed by atoms with Gasteiger partial charge in [-0.25, -0.2) is 12.8 Å². The van der Waals surface area contributed by atoms with Crippen molar-refractivity contribution in [2.45, 2.75) is 24.0 Å². The molecule has 0 aliphatic heterocycles. The first-order valence-corrected chi connectivity index (χ1v) is 9.03. The van der Waals surface area contributed by atoms with Crippen LogP contribution in [0.2, 0.25) is 0 Å². The molecule has 118 valence electrons. The number of amides is 1. The number of hydrogen-bond donors (Lipinski definition) is 1. The summed E-state index contributed by atoms with van der Waals surface area (Å²) in [5.74, 6) is -0.750. The fourth-order valence-electron chi connectivity index (χ4n) is 2.03. The average Bonchev–Trinajstić information content (AvgIpc) is 2.95. The molecule has 2 aromatic rings. The van der Waals surface area contributed by atoms with E-state index >= 15 is 0 Å². The fourth-order valence-corrected chi connectivity index (χ4v) is 4.90. The zero-order valence-corrected chi connectivity index (χ0v) is 13.8. The van der Waals surface area contributed by atoms with E-state index in [1.165, 1.54) is 37.3 Å². The van der Waals surface area contributed by atoms with Gasteiger partial charge in [0.05, 0.1) is 4.90 Å². The standard InChI is InChI=1S/C15H16FNO3S2/c1-10-8-12(5-6-13(10)16)22(19,20)15(9-17-11(2)18)14-4-3-7-21-14/h3-8,15H,9H2,1-2H3,(H,17,18). The topological polar surface area (TPSA) is 63.2 Å². The number of thiophene rings is 1. The Kier molecular flexibility index (Phi) is 4.97. The summed E-state index contributed by atoms with van der Waals surface area (Å²) in [5, 5.41) is 3.44. The quantitative estimate of drug-likeness (QED) is 0.851. The fraction of sp³-hybridized carbons (Fsp3) is 0.267. The first-order valence-electron chi connectivity index (χ1n) is 6.60. The predicted molar refractivity (Wildman–Crippen MR) is 84.1 cm³/mol. The summed E-state index contributed by atoms with van der Waals surface area (Å²) >= 11 is 1.31. The number of aryl methyl sites for hydroxylation is 1. The number of benzene rings is 1. The molecule has 22 heavy (non-hydrogen) atoms. The van der Waals surface area contributed by atoms with E-state index in [0.717, 1.165) is 6.07 Å². The van der Waals surface area contributed by atoms with Crippen LogP contribution in [0.4, 0.5) is 4.39 Å². The van der Waals surface area contributed by atoms with Gasteiger partial charge in [-0.2, -0.15) is 0 Å². The number of carbonyl (C=O) groups excluding carboxylic acids is 1. The molecule has 0 aliphatic rings. The van der Waals surface area contributed by atoms with Crippen LogP contribution in [0, 0.1) is 12.7 Å². The van der Waals surface area contributed by atoms with Gasteiger partial charge in [-0.05, 0) is 42.1 Å². The zero-order chi connectivity index (χ0) is 16.3. The highest BCUT2D eigenvalue weighted by atomic mass is 32.2. The normalized spacial score (nSPS) is 12.9. The summed E-state index contributed by atoms with van der Waals surface area (Å²) in [5.41, 5.74) is 0.269. The number of rotatable bonds is 5. The van der Waals surface area contributed by atoms with E-state index < -0.39 is 20.9 Å². The van der Waals surface area contributed by atoms with Crippen LogP contribution in [0.15, 0.2) is 40.6 Å². The number of carbonyl (C=O) groups is 1. The maximum Gasteiger partial charge on any atom is 0.216 e. The van der Waals surface area contributed by atoms with Crippen molar-refractivity contribution >= 4 is 27.1 Å². The molecule has 1 heterocycles. The Labute approximate surface area is 132 Å². The van der Waals surface area contributed by atoms with E-state index in [1.54, 1.807) is 17.5 Å². The van der Waals surface area contributed by atoms with Crippen molar-refractivity contribution < 1.29 is 17.6 Å². The molecule has 0 saturated heterocycles. The molecule has 0 bridgehead atoms. The van der Waals surface area contributed by atoms with Crippen LogP contribution in [0.1, 0.15) is 22.6 Å². The van der Waals surface area contributed by atoms with Gasteiger partial charge >= 0.3 is 0 Å². The van der Waals surface area contributed by atoms with Crippen LogP contribution in [-0.4, -0.2) is 20.9 Å². The number of nitrogens with one attached hydrogen (secondary N) is 1. The van der Waals surface area contributed by atoms with Gasteiger partial charge in [-0.3, -0.25) is 4.79 Å². The number of hydrogen-bond acceptors (Lipinski definition) is 4. The van der Waals surface area contributed by atoms with E-state index in [1.807, 2.05) is 0 Å². The van der Waals surface area contributed by atoms with Gasteiger partial charge in [0.1, 0.15) is 11.1 Å². The number of halogens is 1. The lowest BCUT2D eigenvalue weighted by Crippen LogP contribution is -2.29. The van der Waals surface area contributed by atoms with E-state index in [0.29, 0.717) is 4.88 Å². The summed E-state index contributed by atoms with van der Waals surface area (Å²) in [6, 6.07) is 7.19. The Balaban J connectivity index is 2.44. The third-order valence-corrected chi connectivity index (χ3v) is 6.45. The summed E-state index contributed by atoms with van der Waals surface area (Å²) in [4.78, 5) is 11.8. The van der Waals surface area contributed by atoms with E-state index in [-0.39, 0.29) is 22.9 Å². The predicted octanol–water partition coefficient (Wildman–Crippen LogP) is 2.85. The Morgan fingerprint density at radius 2 is 2.09 bits per heavy atom. The minimum absolute atomic E-state index is 0.0192. The molecular weight excluding hydrogens is 325 g/mol. The SMILES string of the molecule is CC(=O)NCC(c1cccs1)S(=O)(=O)c1ccc(F)c(C)c1. The Bertz CT molecular complexity index is 770. The highest BCUT2D eigenvalue weighted by molar-refractivity contribution is 7.91. The van der Waals surface area contributed by atoms with Crippen molar-refractivity contribution in [3.8, 4) is 0 Å². The molecule has 1 atom stereocenters. The van der Waals surface area contributed by atoms with Crippen LogP contribution in [-0.2, 0) is 14.6 Å². The molecule has 0 radical (unpaired) electrons. The van der Waals surface area contributed by atoms with Crippen LogP contribution in [0.5, 0.6) is 0 Å². The smallest absolute Gasteiger partial charge is 0.216 e. The molecule has 1 amide bonds. The van der Waals surface area contributed by atoms with Crippen molar-refractivity contribution in [1.82, 2.24) is 5.32 Å². The molecule has 0 saturated carbocycles. The molecule has 1 N–H and O–H groups in total. The Morgan fingerprint density at radius 3 is 2.64 bits per heavy atom. The van der Waals surface area contributed by atoms with E-state index in [2.05, 4.69) is 5.32 Å². The van der Waals surface area contributed by atoms with Gasteiger partial charge in [-0.15, -0.1) is 11.3 Å². The highest BCUT2D eigenvalue weighted by Gasteiger charge is 2.30. The van der Waals surface area contributed by atoms with Gasteiger partial charge in [0, 0.05) is 18.3 Å². The summed E-state index contributed by atoms with van der Waals surface area (Å²) < 4.78 is 39.0. The monoisotopic (exact) mass is 341 g/mol. The van der Waals surface area contributed by atoms with Gasteiger partial charge in [-0.1, -0.05) is 6.07 Å². The van der Waals surface area contributed by atoms with Crippen LogP contribution in [0.3, 0.4) is 0 Å². The second-order valence-electron chi connectivity index (χ2n) is 4.90. The first kappa shape index (κ1) is 16.6. The maximum atomic E-state index is 13.4. The minimum Gasteiger partial charge on any atom is -0.355 e. The second kappa shape index (κ2) is 6.58. The lowest BCUT2D eigenvalue weighted by atomic mass is 10.2. The molecule has 1 unspecified atom stereocenters. The average molecular weight is 341 g/mol. The van der Waals surface area contributed by atoms with Crippen molar-refractivity contribution in [2.75, 3.05) is 6.54 Å². The number of sulfone groups is 1. The van der Waals surface area contributed by atoms with Crippen molar-refractivity contribution in [3.05, 3.63) is 52.0 Å². The summed E-state index contributed by atoms with van der Waals surface area (Å²) in [6.45, 7) is 2.83. The third-order valence-electron chi connectivity index (χ3n) is 3.23. The molecule has 0 spiro atoms. The molecule has 4 nitrogen and oxygen atoms in total. The third kappa shape index (κ3) is 3.53. The van der Waals surface area contributed by atoms with Crippen LogP contribution in [0.25, 0.3) is 0 Å². The molecule has 2 rings (SSSR count). The van der Waals surface area contributed by atoms with E-state index in [9.17, 15) is 17.6 Å². The molecular formula is C15H16FNO3S2. The lowest BCUT2D eigenvalue weighted by molar-refractivity contribution is -0.118. The minimum atomic E-state index is -3.73. The molecule has 7 heteroatoms. The highest BCUT2D eigenvalue weighted by Crippen LogP contribution is 2.32. The summed E-state index contributed by atoms with van der Waals surface area (Å²) in [6.07, 6.45) is 0. The molecule has 0 aliphatic carbocycles. The van der Waals surface area contributed by atoms with Crippen molar-refractivity contribution in [2.24, 2.45) is 0 Å². The Morgan fingerprint density at radius 1 is 1.36 bits per heavy atom. The van der Waals surface area contributed by atoms with Crippen molar-refractivity contribution in [1.29, 1.82) is 0 Å². The largest absolute Gasteiger partial charge is 0.355 e. The maximum absolute atomic E-state index is 13.4. The summed E-state index contributed by atoms with van der Waals surface area (Å²) in [7, 11) is -3.73. The van der Waals surface area contributed by atoms with Gasteiger partial charge in [0.25, 0.3) is 0 Å². The van der Waals surface area contributed by atoms with Gasteiger partial charge in [0.2, 0.25) is 5.91 Å². The van der Waals surface area contributed by atoms with Gasteiger partial charge in [0.15, 0.2) is 9.84 Å². The molecule has 1 aromatic heterocycles. The van der Waals surface area contributed by atoms with Crippen LogP contribution >= 0.6 is 11.3 Å². The van der Waals surface area contributed by atoms with Crippen molar-refractivity contribution in [3.63, 3.8) is 0 Å². The Hall–Kier alpha value is -1.73. The molecule has 1 aromatic carbocycles. The van der Waals surface area contributed by atoms with E-state index in [4.69, 9.17) is 0 Å². The van der Waals surface area contributed by atoms with Crippen LogP contribution < -0.4 is 5.32 Å². The van der Waals surface area contributed by atoms with Gasteiger partial charge < -0.3 is 5.32 Å². The molecule has 0 fully saturated rings. The zero-order valence-electron chi connectivity index (χ0n) is 12.2. The lowest BCUT2D eigenvalue weighted by Gasteiger charge is -2.17. The first-order chi connectivity index (χ1) is 10.3.